The van der Waals surface area contributed by atoms with Crippen molar-refractivity contribution in [3.05, 3.63) is 42.0 Å². The second-order valence-electron chi connectivity index (χ2n) is 3.35. The Balaban J connectivity index is 2.27. The van der Waals surface area contributed by atoms with E-state index in [1.54, 1.807) is 7.11 Å². The van der Waals surface area contributed by atoms with Crippen molar-refractivity contribution in [2.45, 2.75) is 12.7 Å². The number of methoxy groups -OCH3 is 1. The van der Waals surface area contributed by atoms with Gasteiger partial charge in [-0.2, -0.15) is 0 Å². The summed E-state index contributed by atoms with van der Waals surface area (Å²) >= 11 is 0. The van der Waals surface area contributed by atoms with Crippen molar-refractivity contribution in [2.24, 2.45) is 0 Å². The third-order valence-corrected chi connectivity index (χ3v) is 3.16. The molecule has 0 fully saturated rings. The molecule has 1 aromatic carbocycles. The van der Waals surface area contributed by atoms with E-state index >= 15 is 0 Å². The summed E-state index contributed by atoms with van der Waals surface area (Å²) in [5, 5.41) is 0. The van der Waals surface area contributed by atoms with Crippen molar-refractivity contribution in [3.63, 3.8) is 0 Å². The molecule has 0 saturated heterocycles. The second kappa shape index (κ2) is 7.40. The molecule has 1 rings (SSSR count). The van der Waals surface area contributed by atoms with Crippen LogP contribution in [0.3, 0.4) is 0 Å². The molecule has 0 saturated carbocycles. The Morgan fingerprint density at radius 2 is 2.33 bits per heavy atom. The largest absolute Gasteiger partial charge is 0.420 e. The van der Waals surface area contributed by atoms with Gasteiger partial charge in [0, 0.05) is 13.7 Å². The summed E-state index contributed by atoms with van der Waals surface area (Å²) in [7, 11) is 1.31. The van der Waals surface area contributed by atoms with Crippen LogP contribution in [0.4, 0.5) is 0 Å². The Morgan fingerprint density at radius 1 is 1.47 bits per heavy atom. The lowest BCUT2D eigenvalue weighted by Crippen LogP contribution is -2.02. The molecule has 0 aromatic heterocycles. The maximum atomic E-state index is 5.65. The van der Waals surface area contributed by atoms with E-state index in [-0.39, 0.29) is 0 Å². The fourth-order valence-corrected chi connectivity index (χ4v) is 2.30. The van der Waals surface area contributed by atoms with Gasteiger partial charge in [-0.05, 0) is 23.2 Å². The number of hydrogen-bond acceptors (Lipinski definition) is 2. The molecule has 82 valence electrons. The Labute approximate surface area is 93.9 Å². The number of benzene rings is 1. The highest BCUT2D eigenvalue weighted by atomic mass is 28.2. The SMILES string of the molecule is C=Cc1cccc(CO[SiH2]CCOC)c1. The number of hydrogen-bond donors (Lipinski definition) is 0. The first-order chi connectivity index (χ1) is 7.36. The lowest BCUT2D eigenvalue weighted by atomic mass is 10.1. The van der Waals surface area contributed by atoms with Gasteiger partial charge in [-0.15, -0.1) is 0 Å². The van der Waals surface area contributed by atoms with Crippen molar-refractivity contribution in [1.29, 1.82) is 0 Å². The summed E-state index contributed by atoms with van der Waals surface area (Å²) in [4.78, 5) is 0. The van der Waals surface area contributed by atoms with Crippen molar-refractivity contribution in [1.82, 2.24) is 0 Å². The van der Waals surface area contributed by atoms with Crippen molar-refractivity contribution >= 4 is 15.8 Å². The lowest BCUT2D eigenvalue weighted by Gasteiger charge is -2.04. The van der Waals surface area contributed by atoms with E-state index < -0.39 is 9.76 Å². The van der Waals surface area contributed by atoms with Gasteiger partial charge in [0.05, 0.1) is 6.61 Å². The lowest BCUT2D eigenvalue weighted by molar-refractivity contribution is 0.210. The van der Waals surface area contributed by atoms with Crippen LogP contribution in [0.2, 0.25) is 6.04 Å². The third-order valence-electron chi connectivity index (χ3n) is 2.09. The maximum Gasteiger partial charge on any atom is 0.164 e. The van der Waals surface area contributed by atoms with E-state index in [1.807, 2.05) is 18.2 Å². The zero-order valence-electron chi connectivity index (χ0n) is 9.24. The predicted molar refractivity (Wildman–Crippen MR) is 66.5 cm³/mol. The van der Waals surface area contributed by atoms with Gasteiger partial charge < -0.3 is 9.16 Å². The zero-order valence-corrected chi connectivity index (χ0v) is 10.7. The summed E-state index contributed by atoms with van der Waals surface area (Å²) < 4.78 is 10.6. The summed E-state index contributed by atoms with van der Waals surface area (Å²) in [5.74, 6) is 0. The fourth-order valence-electron chi connectivity index (χ4n) is 1.31. The van der Waals surface area contributed by atoms with E-state index in [0.29, 0.717) is 0 Å². The first-order valence-electron chi connectivity index (χ1n) is 5.15. The highest BCUT2D eigenvalue weighted by Crippen LogP contribution is 2.07. The van der Waals surface area contributed by atoms with Crippen LogP contribution in [-0.2, 0) is 15.8 Å². The molecule has 0 radical (unpaired) electrons. The van der Waals surface area contributed by atoms with Crippen LogP contribution in [0, 0.1) is 0 Å². The van der Waals surface area contributed by atoms with Crippen LogP contribution in [0.15, 0.2) is 30.8 Å². The van der Waals surface area contributed by atoms with Gasteiger partial charge in [-0.3, -0.25) is 0 Å². The van der Waals surface area contributed by atoms with Crippen LogP contribution in [0.5, 0.6) is 0 Å². The van der Waals surface area contributed by atoms with E-state index in [1.165, 1.54) is 5.56 Å². The molecule has 0 aliphatic carbocycles. The molecule has 0 aliphatic rings. The smallest absolute Gasteiger partial charge is 0.164 e. The Kier molecular flexibility index (Phi) is 6.00. The quantitative estimate of drug-likeness (QED) is 0.519. The molecule has 0 N–H and O–H groups in total. The topological polar surface area (TPSA) is 18.5 Å². The predicted octanol–water partition coefficient (Wildman–Crippen LogP) is 1.99. The van der Waals surface area contributed by atoms with Crippen molar-refractivity contribution < 1.29 is 9.16 Å². The van der Waals surface area contributed by atoms with Crippen molar-refractivity contribution in [3.8, 4) is 0 Å². The minimum absolute atomic E-state index is 0.413. The highest BCUT2D eigenvalue weighted by Gasteiger charge is 1.94. The third kappa shape index (κ3) is 4.92. The van der Waals surface area contributed by atoms with Crippen LogP contribution >= 0.6 is 0 Å². The summed E-state index contributed by atoms with van der Waals surface area (Å²) in [5.41, 5.74) is 2.37. The summed E-state index contributed by atoms with van der Waals surface area (Å²) in [6.45, 7) is 5.28. The van der Waals surface area contributed by atoms with E-state index in [0.717, 1.165) is 24.8 Å². The first kappa shape index (κ1) is 12.2. The average molecular weight is 222 g/mol. The van der Waals surface area contributed by atoms with Crippen LogP contribution < -0.4 is 0 Å². The molecule has 0 unspecified atom stereocenters. The highest BCUT2D eigenvalue weighted by molar-refractivity contribution is 6.27. The molecule has 15 heavy (non-hydrogen) atoms. The molecule has 0 heterocycles. The molecule has 0 amide bonds. The normalized spacial score (nSPS) is 11.0. The first-order valence-corrected chi connectivity index (χ1v) is 6.72. The fraction of sp³-hybridized carbons (Fsp3) is 0.333. The molecule has 1 aromatic rings. The molecular formula is C12H18O2Si. The molecule has 2 nitrogen and oxygen atoms in total. The van der Waals surface area contributed by atoms with Gasteiger partial charge in [-0.1, -0.05) is 30.9 Å². The van der Waals surface area contributed by atoms with Gasteiger partial charge in [0.2, 0.25) is 0 Å². The number of ether oxygens (including phenoxy) is 1. The van der Waals surface area contributed by atoms with Crippen molar-refractivity contribution in [2.75, 3.05) is 13.7 Å². The van der Waals surface area contributed by atoms with Crippen LogP contribution in [0.25, 0.3) is 6.08 Å². The Bertz CT molecular complexity index is 299. The minimum Gasteiger partial charge on any atom is -0.420 e. The molecule has 0 aliphatic heterocycles. The van der Waals surface area contributed by atoms with E-state index in [4.69, 9.17) is 9.16 Å². The second-order valence-corrected chi connectivity index (χ2v) is 4.87. The summed E-state index contributed by atoms with van der Waals surface area (Å²) in [6.07, 6.45) is 1.85. The molecule has 3 heteroatoms. The zero-order chi connectivity index (χ0) is 10.9. The van der Waals surface area contributed by atoms with Gasteiger partial charge in [0.1, 0.15) is 0 Å². The van der Waals surface area contributed by atoms with Crippen LogP contribution in [-0.4, -0.2) is 23.5 Å². The van der Waals surface area contributed by atoms with Crippen LogP contribution in [0.1, 0.15) is 11.1 Å². The maximum absolute atomic E-state index is 5.65. The molecule has 0 bridgehead atoms. The molecule has 0 atom stereocenters. The standard InChI is InChI=1S/C12H18O2Si/c1-3-11-5-4-6-12(9-11)10-14-15-8-7-13-2/h3-6,9H,1,7-8,10,15H2,2H3. The Hall–Kier alpha value is -0.903. The van der Waals surface area contributed by atoms with Gasteiger partial charge in [-0.25, -0.2) is 0 Å². The molecular weight excluding hydrogens is 204 g/mol. The van der Waals surface area contributed by atoms with E-state index in [2.05, 4.69) is 18.7 Å². The summed E-state index contributed by atoms with van der Waals surface area (Å²) in [6, 6.07) is 9.35. The van der Waals surface area contributed by atoms with Gasteiger partial charge >= 0.3 is 0 Å². The van der Waals surface area contributed by atoms with Gasteiger partial charge in [0.25, 0.3) is 0 Å². The van der Waals surface area contributed by atoms with Gasteiger partial charge in [0.15, 0.2) is 9.76 Å². The Morgan fingerprint density at radius 3 is 3.07 bits per heavy atom. The van der Waals surface area contributed by atoms with E-state index in [9.17, 15) is 0 Å². The average Bonchev–Trinajstić information content (AvgIpc) is 2.29. The monoisotopic (exact) mass is 222 g/mol. The minimum atomic E-state index is -0.413. The number of rotatable bonds is 7. The molecule has 0 spiro atoms.